The minimum Gasteiger partial charge on any atom is -0.300 e. The van der Waals surface area contributed by atoms with Gasteiger partial charge in [0.15, 0.2) is 0 Å². The van der Waals surface area contributed by atoms with E-state index in [-0.39, 0.29) is 5.78 Å². The van der Waals surface area contributed by atoms with Crippen molar-refractivity contribution in [3.63, 3.8) is 0 Å². The highest BCUT2D eigenvalue weighted by molar-refractivity contribution is 5.78. The molecule has 0 aromatic rings. The predicted octanol–water partition coefficient (Wildman–Crippen LogP) is 2.49. The summed E-state index contributed by atoms with van der Waals surface area (Å²) in [6, 6.07) is 0. The smallest absolute Gasteiger partial charge is 0.132 e. The second kappa shape index (κ2) is 2.92. The van der Waals surface area contributed by atoms with E-state index in [1.807, 2.05) is 6.92 Å². The van der Waals surface area contributed by atoms with Crippen molar-refractivity contribution in [2.75, 3.05) is 0 Å². The fourth-order valence-corrected chi connectivity index (χ4v) is 1.75. The van der Waals surface area contributed by atoms with Crippen molar-refractivity contribution in [2.24, 2.45) is 5.92 Å². The second-order valence-electron chi connectivity index (χ2n) is 3.78. The van der Waals surface area contributed by atoms with Gasteiger partial charge >= 0.3 is 0 Å². The largest absolute Gasteiger partial charge is 0.300 e. The Hall–Kier alpha value is -0.400. The summed E-state index contributed by atoms with van der Waals surface area (Å²) in [5.74, 6) is 0.600. The highest BCUT2D eigenvalue weighted by Crippen LogP contribution is 2.42. The summed E-state index contributed by atoms with van der Waals surface area (Å²) in [6.07, 6.45) is 2.35. The zero-order valence-electron chi connectivity index (χ0n) is 7.19. The van der Waals surface area contributed by atoms with Crippen molar-refractivity contribution in [1.29, 1.82) is 0 Å². The maximum atomic E-state index is 12.9. The molecule has 0 radical (unpaired) electrons. The Labute approximate surface area is 67.0 Å². The van der Waals surface area contributed by atoms with Gasteiger partial charge in [0.25, 0.3) is 0 Å². The summed E-state index contributed by atoms with van der Waals surface area (Å²) in [7, 11) is 0. The molecule has 64 valence electrons. The lowest BCUT2D eigenvalue weighted by Gasteiger charge is -2.38. The third-order valence-electron chi connectivity index (χ3n) is 2.34. The number of halogens is 1. The minimum absolute atomic E-state index is 0.269. The molecule has 0 aliphatic heterocycles. The number of carbonyl (C=O) groups excluding carboxylic acids is 1. The molecule has 1 aliphatic rings. The van der Waals surface area contributed by atoms with Gasteiger partial charge in [-0.2, -0.15) is 0 Å². The molecule has 0 saturated heterocycles. The molecule has 11 heavy (non-hydrogen) atoms. The van der Waals surface area contributed by atoms with Crippen molar-refractivity contribution < 1.29 is 9.18 Å². The molecular formula is C9H15FO. The van der Waals surface area contributed by atoms with E-state index in [9.17, 15) is 9.18 Å². The fraction of sp³-hybridized carbons (Fsp3) is 0.889. The third kappa shape index (κ3) is 2.28. The van der Waals surface area contributed by atoms with Crippen LogP contribution in [0.15, 0.2) is 0 Å². The number of hydrogen-bond acceptors (Lipinski definition) is 1. The first-order valence-corrected chi connectivity index (χ1v) is 4.24. The van der Waals surface area contributed by atoms with E-state index in [1.165, 1.54) is 0 Å². The van der Waals surface area contributed by atoms with Crippen LogP contribution in [0, 0.1) is 5.92 Å². The van der Waals surface area contributed by atoms with Gasteiger partial charge in [0.2, 0.25) is 0 Å². The van der Waals surface area contributed by atoms with Gasteiger partial charge in [-0.1, -0.05) is 6.92 Å². The van der Waals surface area contributed by atoms with Gasteiger partial charge in [0.05, 0.1) is 0 Å². The quantitative estimate of drug-likeness (QED) is 0.616. The first-order valence-electron chi connectivity index (χ1n) is 4.24. The average Bonchev–Trinajstić information content (AvgIpc) is 1.83. The first-order chi connectivity index (χ1) is 5.03. The van der Waals surface area contributed by atoms with Crippen LogP contribution < -0.4 is 0 Å². The van der Waals surface area contributed by atoms with Gasteiger partial charge in [0, 0.05) is 12.8 Å². The Balaban J connectivity index is 2.19. The highest BCUT2D eigenvalue weighted by Gasteiger charge is 2.40. The zero-order chi connectivity index (χ0) is 8.48. The molecule has 0 N–H and O–H groups in total. The van der Waals surface area contributed by atoms with Crippen LogP contribution in [0.4, 0.5) is 4.39 Å². The zero-order valence-corrected chi connectivity index (χ0v) is 7.19. The summed E-state index contributed by atoms with van der Waals surface area (Å²) in [6.45, 7) is 3.47. The number of hydrogen-bond donors (Lipinski definition) is 0. The van der Waals surface area contributed by atoms with Crippen molar-refractivity contribution in [3.05, 3.63) is 0 Å². The van der Waals surface area contributed by atoms with E-state index in [4.69, 9.17) is 0 Å². The summed E-state index contributed by atoms with van der Waals surface area (Å²) >= 11 is 0. The molecule has 0 amide bonds. The lowest BCUT2D eigenvalue weighted by molar-refractivity contribution is -0.121. The molecule has 0 aromatic carbocycles. The standard InChI is InChI=1S/C9H15FO/c1-3-8(11)4-7-5-9(2,10)6-7/h7H,3-6H2,1-2H3. The van der Waals surface area contributed by atoms with Crippen LogP contribution in [0.2, 0.25) is 0 Å². The SMILES string of the molecule is CCC(=O)CC1CC(C)(F)C1. The van der Waals surface area contributed by atoms with Crippen molar-refractivity contribution in [2.45, 2.75) is 45.2 Å². The molecule has 0 heterocycles. The lowest BCUT2D eigenvalue weighted by Crippen LogP contribution is -2.37. The van der Waals surface area contributed by atoms with Crippen LogP contribution in [0.1, 0.15) is 39.5 Å². The van der Waals surface area contributed by atoms with E-state index in [0.717, 1.165) is 0 Å². The number of ketones is 1. The minimum atomic E-state index is -0.974. The fourth-order valence-electron chi connectivity index (χ4n) is 1.75. The molecule has 1 aliphatic carbocycles. The average molecular weight is 158 g/mol. The van der Waals surface area contributed by atoms with Crippen molar-refractivity contribution in [3.8, 4) is 0 Å². The molecule has 0 bridgehead atoms. The monoisotopic (exact) mass is 158 g/mol. The van der Waals surface area contributed by atoms with Crippen LogP contribution in [0.3, 0.4) is 0 Å². The second-order valence-corrected chi connectivity index (χ2v) is 3.78. The Morgan fingerprint density at radius 2 is 2.18 bits per heavy atom. The molecule has 1 nitrogen and oxygen atoms in total. The molecule has 1 rings (SSSR count). The van der Waals surface area contributed by atoms with Crippen LogP contribution in [0.25, 0.3) is 0 Å². The van der Waals surface area contributed by atoms with E-state index < -0.39 is 5.67 Å². The van der Waals surface area contributed by atoms with Crippen LogP contribution in [0.5, 0.6) is 0 Å². The molecule has 1 saturated carbocycles. The van der Waals surface area contributed by atoms with E-state index in [0.29, 0.717) is 31.6 Å². The summed E-state index contributed by atoms with van der Waals surface area (Å²) in [4.78, 5) is 10.9. The molecule has 0 unspecified atom stereocenters. The Morgan fingerprint density at radius 1 is 1.64 bits per heavy atom. The highest BCUT2D eigenvalue weighted by atomic mass is 19.1. The summed E-state index contributed by atoms with van der Waals surface area (Å²) < 4.78 is 12.9. The van der Waals surface area contributed by atoms with Gasteiger partial charge < -0.3 is 0 Å². The molecule has 0 spiro atoms. The third-order valence-corrected chi connectivity index (χ3v) is 2.34. The summed E-state index contributed by atoms with van der Waals surface area (Å²) in [5, 5.41) is 0. The van der Waals surface area contributed by atoms with Gasteiger partial charge in [-0.15, -0.1) is 0 Å². The molecule has 2 heteroatoms. The van der Waals surface area contributed by atoms with Crippen LogP contribution in [-0.2, 0) is 4.79 Å². The number of carbonyl (C=O) groups is 1. The Kier molecular flexibility index (Phi) is 2.31. The maximum Gasteiger partial charge on any atom is 0.132 e. The molecular weight excluding hydrogens is 143 g/mol. The normalized spacial score (nSPS) is 36.5. The molecule has 0 atom stereocenters. The van der Waals surface area contributed by atoms with Crippen molar-refractivity contribution >= 4 is 5.78 Å². The Morgan fingerprint density at radius 3 is 2.55 bits per heavy atom. The van der Waals surface area contributed by atoms with Gasteiger partial charge in [-0.05, 0) is 25.7 Å². The van der Waals surface area contributed by atoms with Gasteiger partial charge in [-0.3, -0.25) is 4.79 Å². The van der Waals surface area contributed by atoms with Crippen molar-refractivity contribution in [1.82, 2.24) is 0 Å². The summed E-state index contributed by atoms with van der Waals surface area (Å²) in [5.41, 5.74) is -0.974. The van der Waals surface area contributed by atoms with Gasteiger partial charge in [0.1, 0.15) is 11.5 Å². The van der Waals surface area contributed by atoms with E-state index in [2.05, 4.69) is 0 Å². The molecule has 0 aromatic heterocycles. The Bertz CT molecular complexity index is 155. The molecule has 1 fully saturated rings. The maximum absolute atomic E-state index is 12.9. The van der Waals surface area contributed by atoms with Crippen LogP contribution in [-0.4, -0.2) is 11.5 Å². The number of alkyl halides is 1. The van der Waals surface area contributed by atoms with Crippen LogP contribution >= 0.6 is 0 Å². The van der Waals surface area contributed by atoms with E-state index >= 15 is 0 Å². The first kappa shape index (κ1) is 8.69. The topological polar surface area (TPSA) is 17.1 Å². The predicted molar refractivity (Wildman–Crippen MR) is 42.2 cm³/mol. The number of rotatable bonds is 3. The number of Topliss-reactive ketones (excluding diaryl/α,β-unsaturated/α-hetero) is 1. The van der Waals surface area contributed by atoms with Gasteiger partial charge in [-0.25, -0.2) is 4.39 Å². The lowest BCUT2D eigenvalue weighted by atomic mass is 9.71. The van der Waals surface area contributed by atoms with E-state index in [1.54, 1.807) is 6.92 Å².